The Hall–Kier alpha value is -3.15. The van der Waals surface area contributed by atoms with Gasteiger partial charge in [-0.05, 0) is 22.6 Å². The van der Waals surface area contributed by atoms with Gasteiger partial charge >= 0.3 is 0 Å². The topological polar surface area (TPSA) is 69.4 Å². The van der Waals surface area contributed by atoms with Crippen molar-refractivity contribution in [1.82, 2.24) is 30.2 Å². The molecule has 100 valence electrons. The van der Waals surface area contributed by atoms with Crippen molar-refractivity contribution in [2.24, 2.45) is 0 Å². The highest BCUT2D eigenvalue weighted by Crippen LogP contribution is 2.25. The van der Waals surface area contributed by atoms with Crippen LogP contribution in [0.15, 0.2) is 60.7 Å². The molecule has 0 amide bonds. The number of para-hydroxylation sites is 1. The number of hydrogen-bond donors (Lipinski definition) is 0. The van der Waals surface area contributed by atoms with E-state index in [1.807, 2.05) is 65.2 Å². The van der Waals surface area contributed by atoms with Gasteiger partial charge in [-0.2, -0.15) is 0 Å². The molecule has 21 heavy (non-hydrogen) atoms. The first-order chi connectivity index (χ1) is 10.4. The van der Waals surface area contributed by atoms with E-state index in [9.17, 15) is 0 Å². The van der Waals surface area contributed by atoms with Crippen molar-refractivity contribution in [1.29, 1.82) is 0 Å². The van der Waals surface area contributed by atoms with Gasteiger partial charge in [0.25, 0.3) is 0 Å². The van der Waals surface area contributed by atoms with Gasteiger partial charge in [-0.25, -0.2) is 4.98 Å². The molecule has 4 aromatic rings. The summed E-state index contributed by atoms with van der Waals surface area (Å²) in [5.74, 6) is 0.770. The highest BCUT2D eigenvalue weighted by atomic mass is 15.5. The Bertz CT molecular complexity index is 886. The summed E-state index contributed by atoms with van der Waals surface area (Å²) in [6.45, 7) is 0. The SMILES string of the molecule is c1ccc(-c2nc3nnnnc3n2-c2ccccc2)cc1. The van der Waals surface area contributed by atoms with Crippen LogP contribution in [-0.4, -0.2) is 30.2 Å². The van der Waals surface area contributed by atoms with Crippen LogP contribution in [0.2, 0.25) is 0 Å². The Balaban J connectivity index is 2.07. The van der Waals surface area contributed by atoms with Gasteiger partial charge in [0.15, 0.2) is 0 Å². The predicted molar refractivity (Wildman–Crippen MR) is 77.7 cm³/mol. The average Bonchev–Trinajstić information content (AvgIpc) is 2.96. The van der Waals surface area contributed by atoms with E-state index in [1.165, 1.54) is 0 Å². The molecule has 0 atom stereocenters. The van der Waals surface area contributed by atoms with Crippen LogP contribution in [0.5, 0.6) is 0 Å². The maximum atomic E-state index is 4.55. The second-order valence-electron chi connectivity index (χ2n) is 4.50. The molecule has 6 nitrogen and oxygen atoms in total. The molecule has 4 rings (SSSR count). The van der Waals surface area contributed by atoms with Crippen LogP contribution in [0.4, 0.5) is 0 Å². The molecular formula is C15H10N6. The Morgan fingerprint density at radius 2 is 1.38 bits per heavy atom. The van der Waals surface area contributed by atoms with Crippen molar-refractivity contribution >= 4 is 11.3 Å². The normalized spacial score (nSPS) is 10.9. The molecule has 0 saturated carbocycles. The summed E-state index contributed by atoms with van der Waals surface area (Å²) in [7, 11) is 0. The van der Waals surface area contributed by atoms with Crippen LogP contribution in [0.3, 0.4) is 0 Å². The van der Waals surface area contributed by atoms with E-state index in [1.54, 1.807) is 0 Å². The molecule has 0 unspecified atom stereocenters. The third-order valence-electron chi connectivity index (χ3n) is 3.20. The van der Waals surface area contributed by atoms with Crippen molar-refractivity contribution < 1.29 is 0 Å². The Morgan fingerprint density at radius 3 is 2.14 bits per heavy atom. The van der Waals surface area contributed by atoms with Crippen LogP contribution < -0.4 is 0 Å². The van der Waals surface area contributed by atoms with E-state index in [4.69, 9.17) is 0 Å². The number of fused-ring (bicyclic) bond motifs is 1. The summed E-state index contributed by atoms with van der Waals surface area (Å²) in [4.78, 5) is 4.55. The monoisotopic (exact) mass is 274 g/mol. The molecule has 2 aromatic carbocycles. The molecule has 0 radical (unpaired) electrons. The van der Waals surface area contributed by atoms with Crippen LogP contribution >= 0.6 is 0 Å². The Morgan fingerprint density at radius 1 is 0.714 bits per heavy atom. The first kappa shape index (κ1) is 11.7. The Labute approximate surface area is 120 Å². The van der Waals surface area contributed by atoms with Crippen molar-refractivity contribution in [2.75, 3.05) is 0 Å². The fraction of sp³-hybridized carbons (Fsp3) is 0. The van der Waals surface area contributed by atoms with E-state index >= 15 is 0 Å². The first-order valence-electron chi connectivity index (χ1n) is 6.49. The van der Waals surface area contributed by atoms with Crippen molar-refractivity contribution in [2.45, 2.75) is 0 Å². The zero-order valence-electron chi connectivity index (χ0n) is 11.0. The molecule has 0 spiro atoms. The Kier molecular flexibility index (Phi) is 2.64. The van der Waals surface area contributed by atoms with Gasteiger partial charge in [-0.1, -0.05) is 48.5 Å². The summed E-state index contributed by atoms with van der Waals surface area (Å²) in [5, 5.41) is 15.2. The van der Waals surface area contributed by atoms with E-state index in [0.29, 0.717) is 11.3 Å². The maximum Gasteiger partial charge on any atom is 0.224 e. The minimum Gasteiger partial charge on any atom is -0.274 e. The lowest BCUT2D eigenvalue weighted by molar-refractivity contribution is 0.785. The molecule has 0 saturated heterocycles. The van der Waals surface area contributed by atoms with Crippen molar-refractivity contribution in [3.63, 3.8) is 0 Å². The van der Waals surface area contributed by atoms with Crippen LogP contribution in [-0.2, 0) is 0 Å². The zero-order valence-corrected chi connectivity index (χ0v) is 11.0. The predicted octanol–water partition coefficient (Wildman–Crippen LogP) is 2.27. The second-order valence-corrected chi connectivity index (χ2v) is 4.50. The van der Waals surface area contributed by atoms with Crippen molar-refractivity contribution in [3.05, 3.63) is 60.7 Å². The number of benzene rings is 2. The minimum atomic E-state index is 0.479. The third-order valence-corrected chi connectivity index (χ3v) is 3.20. The lowest BCUT2D eigenvalue weighted by Gasteiger charge is -2.07. The number of aromatic nitrogens is 6. The lowest BCUT2D eigenvalue weighted by Crippen LogP contribution is -2.00. The summed E-state index contributed by atoms with van der Waals surface area (Å²) in [6, 6.07) is 19.8. The van der Waals surface area contributed by atoms with Gasteiger partial charge in [0.2, 0.25) is 11.3 Å². The number of rotatable bonds is 2. The molecule has 0 aliphatic rings. The highest BCUT2D eigenvalue weighted by Gasteiger charge is 2.16. The van der Waals surface area contributed by atoms with E-state index in [-0.39, 0.29) is 0 Å². The number of hydrogen-bond acceptors (Lipinski definition) is 5. The molecule has 0 aliphatic heterocycles. The molecule has 0 aliphatic carbocycles. The zero-order chi connectivity index (χ0) is 14.1. The standard InChI is InChI=1S/C15H10N6/c1-3-7-11(8-4-1)14-16-13-15(18-20-19-17-13)21(14)12-9-5-2-6-10-12/h1-10H. The summed E-state index contributed by atoms with van der Waals surface area (Å²) in [6.07, 6.45) is 0. The van der Waals surface area contributed by atoms with Crippen LogP contribution in [0.25, 0.3) is 28.4 Å². The maximum absolute atomic E-state index is 4.55. The van der Waals surface area contributed by atoms with Gasteiger partial charge < -0.3 is 0 Å². The molecule has 0 N–H and O–H groups in total. The second kappa shape index (κ2) is 4.75. The average molecular weight is 274 g/mol. The van der Waals surface area contributed by atoms with Gasteiger partial charge in [-0.15, -0.1) is 10.2 Å². The largest absolute Gasteiger partial charge is 0.274 e. The smallest absolute Gasteiger partial charge is 0.224 e. The fourth-order valence-corrected chi connectivity index (χ4v) is 2.28. The molecule has 6 heteroatoms. The fourth-order valence-electron chi connectivity index (χ4n) is 2.28. The van der Waals surface area contributed by atoms with E-state index < -0.39 is 0 Å². The number of imidazole rings is 1. The first-order valence-corrected chi connectivity index (χ1v) is 6.49. The quantitative estimate of drug-likeness (QED) is 0.561. The van der Waals surface area contributed by atoms with Gasteiger partial charge in [0.1, 0.15) is 5.82 Å². The molecule has 2 aromatic heterocycles. The molecular weight excluding hydrogens is 264 g/mol. The van der Waals surface area contributed by atoms with Crippen molar-refractivity contribution in [3.8, 4) is 17.1 Å². The molecule has 0 fully saturated rings. The lowest BCUT2D eigenvalue weighted by atomic mass is 10.2. The van der Waals surface area contributed by atoms with E-state index in [0.717, 1.165) is 17.1 Å². The number of nitrogens with zero attached hydrogens (tertiary/aromatic N) is 6. The summed E-state index contributed by atoms with van der Waals surface area (Å²) < 4.78 is 1.94. The highest BCUT2D eigenvalue weighted by molar-refractivity contribution is 5.76. The van der Waals surface area contributed by atoms with Gasteiger partial charge in [0, 0.05) is 11.3 Å². The van der Waals surface area contributed by atoms with Gasteiger partial charge in [0.05, 0.1) is 0 Å². The van der Waals surface area contributed by atoms with E-state index in [2.05, 4.69) is 25.6 Å². The minimum absolute atomic E-state index is 0.479. The summed E-state index contributed by atoms with van der Waals surface area (Å²) in [5.41, 5.74) is 3.02. The van der Waals surface area contributed by atoms with Crippen LogP contribution in [0.1, 0.15) is 0 Å². The van der Waals surface area contributed by atoms with Crippen LogP contribution in [0, 0.1) is 0 Å². The summed E-state index contributed by atoms with van der Waals surface area (Å²) >= 11 is 0. The molecule has 2 heterocycles. The molecule has 0 bridgehead atoms. The third kappa shape index (κ3) is 1.93. The van der Waals surface area contributed by atoms with Gasteiger partial charge in [-0.3, -0.25) is 4.57 Å².